The molecule has 4 rings (SSSR count). The number of amides is 1. The number of halogens is 3. The molecule has 1 aromatic heterocycles. The molecule has 2 aromatic carbocycles. The van der Waals surface area contributed by atoms with Gasteiger partial charge in [-0.2, -0.15) is 23.0 Å². The topological polar surface area (TPSA) is 90.0 Å². The Morgan fingerprint density at radius 3 is 2.47 bits per heavy atom. The van der Waals surface area contributed by atoms with Gasteiger partial charge in [-0.15, -0.1) is 0 Å². The lowest BCUT2D eigenvalue weighted by molar-refractivity contribution is -0.137. The van der Waals surface area contributed by atoms with Gasteiger partial charge in [0.25, 0.3) is 11.5 Å². The molecule has 0 saturated heterocycles. The number of para-hydroxylation sites is 1. The van der Waals surface area contributed by atoms with E-state index in [0.29, 0.717) is 11.3 Å². The number of alkyl halides is 3. The second-order valence-corrected chi connectivity index (χ2v) is 7.89. The van der Waals surface area contributed by atoms with E-state index in [0.717, 1.165) is 25.0 Å². The van der Waals surface area contributed by atoms with Gasteiger partial charge in [0.2, 0.25) is 0 Å². The number of nitrogens with zero attached hydrogens (tertiary/aromatic N) is 2. The molecule has 0 spiro atoms. The zero-order valence-electron chi connectivity index (χ0n) is 17.2. The van der Waals surface area contributed by atoms with Crippen LogP contribution < -0.4 is 16.6 Å². The minimum Gasteiger partial charge on any atom is -0.399 e. The highest BCUT2D eigenvalue weighted by Gasteiger charge is 2.32. The molecule has 32 heavy (non-hydrogen) atoms. The van der Waals surface area contributed by atoms with E-state index >= 15 is 0 Å². The molecular formula is C23H21F3N4O2. The fourth-order valence-electron chi connectivity index (χ4n) is 3.50. The normalized spacial score (nSPS) is 14.8. The Bertz CT molecular complexity index is 1220. The summed E-state index contributed by atoms with van der Waals surface area (Å²) < 4.78 is 40.6. The van der Waals surface area contributed by atoms with Crippen molar-refractivity contribution in [2.75, 3.05) is 5.73 Å². The van der Waals surface area contributed by atoms with Crippen molar-refractivity contribution in [3.05, 3.63) is 87.3 Å². The Hall–Kier alpha value is -3.62. The van der Waals surface area contributed by atoms with Crippen LogP contribution >= 0.6 is 0 Å². The van der Waals surface area contributed by atoms with Gasteiger partial charge in [-0.1, -0.05) is 18.2 Å². The van der Waals surface area contributed by atoms with E-state index in [-0.39, 0.29) is 28.4 Å². The third-order valence-corrected chi connectivity index (χ3v) is 5.34. The molecule has 1 saturated carbocycles. The molecule has 1 heterocycles. The molecule has 166 valence electrons. The molecular weight excluding hydrogens is 421 g/mol. The molecule has 0 bridgehead atoms. The number of aromatic nitrogens is 2. The van der Waals surface area contributed by atoms with Gasteiger partial charge in [0.1, 0.15) is 5.69 Å². The first kappa shape index (κ1) is 21.6. The average molecular weight is 442 g/mol. The number of carbonyl (C=O) groups is 1. The first-order valence-electron chi connectivity index (χ1n) is 10.1. The molecule has 0 unspecified atom stereocenters. The molecule has 9 heteroatoms. The van der Waals surface area contributed by atoms with Crippen molar-refractivity contribution < 1.29 is 18.0 Å². The summed E-state index contributed by atoms with van der Waals surface area (Å²) in [5, 5.41) is 6.89. The number of carbonyl (C=O) groups excluding carboxylic acids is 1. The van der Waals surface area contributed by atoms with Crippen LogP contribution in [0.3, 0.4) is 0 Å². The van der Waals surface area contributed by atoms with Gasteiger partial charge in [0.05, 0.1) is 17.3 Å². The van der Waals surface area contributed by atoms with Crippen LogP contribution in [0.2, 0.25) is 0 Å². The second kappa shape index (κ2) is 8.14. The minimum atomic E-state index is -4.56. The van der Waals surface area contributed by atoms with Crippen LogP contribution in [0.5, 0.6) is 0 Å². The van der Waals surface area contributed by atoms with E-state index in [1.807, 2.05) is 0 Å². The standard InChI is InChI=1S/C23H21F3N4O2/c1-13(15-9-16(23(24,25)26)11-17(27)10-15)28-21(31)20-12-19(14-7-8-14)22(32)30(29-20)18-5-3-2-4-6-18/h2-6,9-14H,7-8,27H2,1H3,(H,28,31)/t13-/m1/s1. The summed E-state index contributed by atoms with van der Waals surface area (Å²) in [6.07, 6.45) is -2.84. The van der Waals surface area contributed by atoms with E-state index in [1.165, 1.54) is 16.8 Å². The molecule has 0 aliphatic heterocycles. The maximum atomic E-state index is 13.1. The highest BCUT2D eigenvalue weighted by molar-refractivity contribution is 5.92. The highest BCUT2D eigenvalue weighted by atomic mass is 19.4. The van der Waals surface area contributed by atoms with Crippen molar-refractivity contribution >= 4 is 11.6 Å². The van der Waals surface area contributed by atoms with E-state index in [4.69, 9.17) is 5.73 Å². The molecule has 3 N–H and O–H groups in total. The number of hydrogen-bond donors (Lipinski definition) is 2. The van der Waals surface area contributed by atoms with Gasteiger partial charge >= 0.3 is 6.18 Å². The van der Waals surface area contributed by atoms with Crippen molar-refractivity contribution in [1.82, 2.24) is 15.1 Å². The number of rotatable bonds is 5. The van der Waals surface area contributed by atoms with Gasteiger partial charge in [-0.05, 0) is 67.6 Å². The van der Waals surface area contributed by atoms with Crippen LogP contribution in [-0.2, 0) is 6.18 Å². The Morgan fingerprint density at radius 2 is 1.84 bits per heavy atom. The van der Waals surface area contributed by atoms with Crippen LogP contribution in [0.15, 0.2) is 59.4 Å². The van der Waals surface area contributed by atoms with Crippen LogP contribution in [0, 0.1) is 0 Å². The first-order chi connectivity index (χ1) is 15.1. The molecule has 1 aliphatic rings. The quantitative estimate of drug-likeness (QED) is 0.580. The second-order valence-electron chi connectivity index (χ2n) is 7.89. The lowest BCUT2D eigenvalue weighted by Gasteiger charge is -2.18. The van der Waals surface area contributed by atoms with Gasteiger partial charge in [0, 0.05) is 11.3 Å². The first-order valence-corrected chi connectivity index (χ1v) is 10.1. The van der Waals surface area contributed by atoms with Crippen LogP contribution in [0.4, 0.5) is 18.9 Å². The Kier molecular flexibility index (Phi) is 5.50. The minimum absolute atomic E-state index is 0.0159. The maximum absolute atomic E-state index is 13.1. The van der Waals surface area contributed by atoms with Crippen LogP contribution in [0.1, 0.15) is 58.9 Å². The summed E-state index contributed by atoms with van der Waals surface area (Å²) >= 11 is 0. The van der Waals surface area contributed by atoms with E-state index in [9.17, 15) is 22.8 Å². The van der Waals surface area contributed by atoms with Crippen molar-refractivity contribution in [3.8, 4) is 5.69 Å². The molecule has 0 radical (unpaired) electrons. The van der Waals surface area contributed by atoms with E-state index in [2.05, 4.69) is 10.4 Å². The summed E-state index contributed by atoms with van der Waals surface area (Å²) in [6, 6.07) is 12.6. The fourth-order valence-corrected chi connectivity index (χ4v) is 3.50. The van der Waals surface area contributed by atoms with Crippen molar-refractivity contribution in [1.29, 1.82) is 0 Å². The van der Waals surface area contributed by atoms with E-state index in [1.54, 1.807) is 37.3 Å². The molecule has 6 nitrogen and oxygen atoms in total. The average Bonchev–Trinajstić information content (AvgIpc) is 3.58. The highest BCUT2D eigenvalue weighted by Crippen LogP contribution is 2.38. The van der Waals surface area contributed by atoms with Crippen molar-refractivity contribution in [2.45, 2.75) is 37.9 Å². The number of benzene rings is 2. The molecule has 1 amide bonds. The summed E-state index contributed by atoms with van der Waals surface area (Å²) in [5.41, 5.74) is 5.66. The fraction of sp³-hybridized carbons (Fsp3) is 0.261. The zero-order chi connectivity index (χ0) is 23.0. The summed E-state index contributed by atoms with van der Waals surface area (Å²) in [7, 11) is 0. The van der Waals surface area contributed by atoms with Gasteiger partial charge in [-0.25, -0.2) is 0 Å². The molecule has 1 atom stereocenters. The summed E-state index contributed by atoms with van der Waals surface area (Å²) in [4.78, 5) is 25.8. The van der Waals surface area contributed by atoms with Gasteiger partial charge in [0.15, 0.2) is 0 Å². The molecule has 3 aromatic rings. The summed E-state index contributed by atoms with van der Waals surface area (Å²) in [6.45, 7) is 1.56. The Labute approximate surface area is 181 Å². The lowest BCUT2D eigenvalue weighted by Crippen LogP contribution is -2.32. The molecule has 1 fully saturated rings. The Morgan fingerprint density at radius 1 is 1.16 bits per heavy atom. The third kappa shape index (κ3) is 4.51. The van der Waals surface area contributed by atoms with Crippen LogP contribution in [-0.4, -0.2) is 15.7 Å². The van der Waals surface area contributed by atoms with Gasteiger partial charge < -0.3 is 11.1 Å². The molecule has 1 aliphatic carbocycles. The zero-order valence-corrected chi connectivity index (χ0v) is 17.2. The smallest absolute Gasteiger partial charge is 0.399 e. The van der Waals surface area contributed by atoms with Gasteiger partial charge in [-0.3, -0.25) is 9.59 Å². The number of nitrogens with one attached hydrogen (secondary N) is 1. The Balaban J connectivity index is 1.66. The predicted octanol–water partition coefficient (Wildman–Crippen LogP) is 4.20. The van der Waals surface area contributed by atoms with Crippen molar-refractivity contribution in [3.63, 3.8) is 0 Å². The van der Waals surface area contributed by atoms with Crippen LogP contribution in [0.25, 0.3) is 5.69 Å². The number of nitrogens with two attached hydrogens (primary N) is 1. The van der Waals surface area contributed by atoms with Crippen molar-refractivity contribution in [2.24, 2.45) is 0 Å². The predicted molar refractivity (Wildman–Crippen MR) is 114 cm³/mol. The summed E-state index contributed by atoms with van der Waals surface area (Å²) in [5.74, 6) is -0.521. The SMILES string of the molecule is C[C@@H](NC(=O)c1cc(C2CC2)c(=O)n(-c2ccccc2)n1)c1cc(N)cc(C(F)(F)F)c1. The maximum Gasteiger partial charge on any atom is 0.416 e. The lowest BCUT2D eigenvalue weighted by atomic mass is 10.0. The number of nitrogen functional groups attached to an aromatic ring is 1. The largest absolute Gasteiger partial charge is 0.416 e. The number of anilines is 1. The third-order valence-electron chi connectivity index (χ3n) is 5.34. The van der Waals surface area contributed by atoms with E-state index < -0.39 is 23.7 Å². The number of hydrogen-bond acceptors (Lipinski definition) is 4. The monoisotopic (exact) mass is 442 g/mol.